The molecule has 100 valence electrons. The molecule has 0 aromatic carbocycles. The first-order valence-corrected chi connectivity index (χ1v) is 9.26. The van der Waals surface area contributed by atoms with E-state index in [-0.39, 0.29) is 12.1 Å². The summed E-state index contributed by atoms with van der Waals surface area (Å²) in [6, 6.07) is 0. The molecule has 0 amide bonds. The fourth-order valence-corrected chi connectivity index (χ4v) is 4.79. The molecule has 1 aliphatic carbocycles. The van der Waals surface area contributed by atoms with Crippen molar-refractivity contribution in [2.24, 2.45) is 5.92 Å². The first-order chi connectivity index (χ1) is 8.69. The predicted molar refractivity (Wildman–Crippen MR) is 85.0 cm³/mol. The van der Waals surface area contributed by atoms with E-state index in [2.05, 4.69) is 45.2 Å². The SMILES string of the molecule is O=C1O[C@@H](CI)C/C1=C1/C[C@@H]2CCC[C@@H](I)[C@@H]2O1. The number of hydrogen-bond acceptors (Lipinski definition) is 3. The molecule has 3 nitrogen and oxygen atoms in total. The van der Waals surface area contributed by atoms with Gasteiger partial charge in [-0.15, -0.1) is 0 Å². The molecule has 18 heavy (non-hydrogen) atoms. The monoisotopic (exact) mass is 474 g/mol. The van der Waals surface area contributed by atoms with Gasteiger partial charge in [-0.1, -0.05) is 51.6 Å². The molecule has 0 aromatic heterocycles. The zero-order valence-corrected chi connectivity index (χ0v) is 14.3. The number of halogens is 2. The largest absolute Gasteiger partial charge is 0.493 e. The lowest BCUT2D eigenvalue weighted by molar-refractivity contribution is -0.138. The van der Waals surface area contributed by atoms with Crippen molar-refractivity contribution >= 4 is 51.2 Å². The Morgan fingerprint density at radius 3 is 2.72 bits per heavy atom. The Morgan fingerprint density at radius 1 is 1.22 bits per heavy atom. The highest BCUT2D eigenvalue weighted by molar-refractivity contribution is 14.1. The van der Waals surface area contributed by atoms with Crippen molar-refractivity contribution in [3.8, 4) is 0 Å². The highest BCUT2D eigenvalue weighted by Gasteiger charge is 2.43. The molecular weight excluding hydrogens is 458 g/mol. The van der Waals surface area contributed by atoms with E-state index in [0.29, 0.717) is 15.9 Å². The normalized spacial score (nSPS) is 43.6. The number of ether oxygens (including phenoxy) is 2. The van der Waals surface area contributed by atoms with Gasteiger partial charge in [0.2, 0.25) is 0 Å². The van der Waals surface area contributed by atoms with E-state index >= 15 is 0 Å². The minimum Gasteiger partial charge on any atom is -0.493 e. The van der Waals surface area contributed by atoms with Crippen LogP contribution in [0.4, 0.5) is 0 Å². The molecule has 3 aliphatic rings. The summed E-state index contributed by atoms with van der Waals surface area (Å²) >= 11 is 4.77. The number of hydrogen-bond donors (Lipinski definition) is 0. The minimum absolute atomic E-state index is 0.0576. The van der Waals surface area contributed by atoms with Gasteiger partial charge in [-0.05, 0) is 12.8 Å². The maximum absolute atomic E-state index is 11.9. The Labute approximate surface area is 134 Å². The Bertz CT molecular complexity index is 394. The lowest BCUT2D eigenvalue weighted by Gasteiger charge is -2.28. The van der Waals surface area contributed by atoms with E-state index in [9.17, 15) is 4.79 Å². The van der Waals surface area contributed by atoms with Crippen molar-refractivity contribution in [3.63, 3.8) is 0 Å². The second-order valence-electron chi connectivity index (χ2n) is 5.28. The Kier molecular flexibility index (Phi) is 4.08. The number of fused-ring (bicyclic) bond motifs is 1. The van der Waals surface area contributed by atoms with Crippen molar-refractivity contribution in [1.29, 1.82) is 0 Å². The Balaban J connectivity index is 1.80. The van der Waals surface area contributed by atoms with E-state index in [4.69, 9.17) is 9.47 Å². The number of cyclic esters (lactones) is 1. The van der Waals surface area contributed by atoms with E-state index < -0.39 is 0 Å². The van der Waals surface area contributed by atoms with Gasteiger partial charge >= 0.3 is 5.97 Å². The van der Waals surface area contributed by atoms with Crippen LogP contribution in [0.5, 0.6) is 0 Å². The first-order valence-electron chi connectivity index (χ1n) is 6.48. The van der Waals surface area contributed by atoms with Gasteiger partial charge in [0.1, 0.15) is 18.0 Å². The van der Waals surface area contributed by atoms with Gasteiger partial charge in [0.25, 0.3) is 0 Å². The van der Waals surface area contributed by atoms with Crippen LogP contribution in [0.2, 0.25) is 0 Å². The zero-order valence-electron chi connectivity index (χ0n) is 10.0. The summed E-state index contributed by atoms with van der Waals surface area (Å²) in [4.78, 5) is 11.9. The quantitative estimate of drug-likeness (QED) is 0.253. The van der Waals surface area contributed by atoms with Crippen molar-refractivity contribution in [1.82, 2.24) is 0 Å². The van der Waals surface area contributed by atoms with Crippen LogP contribution in [0.15, 0.2) is 11.3 Å². The molecular formula is C13H16I2O3. The van der Waals surface area contributed by atoms with Crippen LogP contribution in [-0.4, -0.2) is 26.5 Å². The van der Waals surface area contributed by atoms with Crippen molar-refractivity contribution in [3.05, 3.63) is 11.3 Å². The third-order valence-corrected chi connectivity index (χ3v) is 6.38. The van der Waals surface area contributed by atoms with Gasteiger partial charge < -0.3 is 9.47 Å². The molecule has 0 aromatic rings. The van der Waals surface area contributed by atoms with Crippen LogP contribution >= 0.6 is 45.2 Å². The zero-order chi connectivity index (χ0) is 12.7. The van der Waals surface area contributed by atoms with Crippen molar-refractivity contribution in [2.75, 3.05) is 4.43 Å². The number of allylic oxidation sites excluding steroid dienone is 1. The molecule has 1 saturated carbocycles. The van der Waals surface area contributed by atoms with Gasteiger partial charge in [-0.2, -0.15) is 0 Å². The van der Waals surface area contributed by atoms with Gasteiger partial charge in [-0.3, -0.25) is 0 Å². The highest BCUT2D eigenvalue weighted by Crippen LogP contribution is 2.44. The van der Waals surface area contributed by atoms with Crippen LogP contribution in [-0.2, 0) is 14.3 Å². The number of carbonyl (C=O) groups is 1. The molecule has 2 heterocycles. The lowest BCUT2D eigenvalue weighted by atomic mass is 9.85. The molecule has 4 atom stereocenters. The van der Waals surface area contributed by atoms with Gasteiger partial charge in [-0.25, -0.2) is 4.79 Å². The predicted octanol–water partition coefficient (Wildman–Crippen LogP) is 3.38. The Morgan fingerprint density at radius 2 is 2.06 bits per heavy atom. The molecule has 0 spiro atoms. The maximum Gasteiger partial charge on any atom is 0.337 e. The van der Waals surface area contributed by atoms with Crippen LogP contribution in [0.25, 0.3) is 0 Å². The molecule has 3 fully saturated rings. The molecule has 2 aliphatic heterocycles. The standard InChI is InChI=1S/C13H16I2O3/c14-6-8-5-9(13(16)17-8)11-4-7-2-1-3-10(15)12(7)18-11/h7-8,10,12H,1-6H2/b11-9+/t7-,8+,10+,12+/m0/s1. The molecule has 2 saturated heterocycles. The summed E-state index contributed by atoms with van der Waals surface area (Å²) in [6.07, 6.45) is 5.85. The molecule has 3 rings (SSSR count). The topological polar surface area (TPSA) is 35.5 Å². The summed E-state index contributed by atoms with van der Waals surface area (Å²) in [5.41, 5.74) is 0.815. The smallest absolute Gasteiger partial charge is 0.337 e. The third kappa shape index (κ3) is 2.41. The van der Waals surface area contributed by atoms with Crippen LogP contribution in [0, 0.1) is 5.92 Å². The number of esters is 1. The molecule has 5 heteroatoms. The van der Waals surface area contributed by atoms with Crippen LogP contribution in [0.3, 0.4) is 0 Å². The average Bonchev–Trinajstić information content (AvgIpc) is 2.93. The number of rotatable bonds is 1. The lowest BCUT2D eigenvalue weighted by Crippen LogP contribution is -2.30. The highest BCUT2D eigenvalue weighted by atomic mass is 127. The fourth-order valence-electron chi connectivity index (χ4n) is 3.12. The summed E-state index contributed by atoms with van der Waals surface area (Å²) < 4.78 is 12.9. The van der Waals surface area contributed by atoms with E-state index in [1.54, 1.807) is 0 Å². The van der Waals surface area contributed by atoms with E-state index in [1.165, 1.54) is 19.3 Å². The van der Waals surface area contributed by atoms with E-state index in [0.717, 1.165) is 28.6 Å². The summed E-state index contributed by atoms with van der Waals surface area (Å²) in [5.74, 6) is 1.41. The van der Waals surface area contributed by atoms with Gasteiger partial charge in [0.05, 0.1) is 5.57 Å². The fraction of sp³-hybridized carbons (Fsp3) is 0.769. The van der Waals surface area contributed by atoms with Crippen molar-refractivity contribution in [2.45, 2.75) is 48.2 Å². The minimum atomic E-state index is -0.143. The molecule has 0 radical (unpaired) electrons. The summed E-state index contributed by atoms with van der Waals surface area (Å²) in [7, 11) is 0. The average molecular weight is 474 g/mol. The number of alkyl halides is 2. The second kappa shape index (κ2) is 5.46. The van der Waals surface area contributed by atoms with Crippen LogP contribution < -0.4 is 0 Å². The molecule has 0 unspecified atom stereocenters. The van der Waals surface area contributed by atoms with Gasteiger partial charge in [0, 0.05) is 27.1 Å². The van der Waals surface area contributed by atoms with Crippen molar-refractivity contribution < 1.29 is 14.3 Å². The summed E-state index contributed by atoms with van der Waals surface area (Å²) in [6.45, 7) is 0. The molecule has 0 N–H and O–H groups in total. The third-order valence-electron chi connectivity index (χ3n) is 4.06. The first kappa shape index (κ1) is 13.5. The Hall–Kier alpha value is 0.470. The number of carbonyl (C=O) groups excluding carboxylic acids is 1. The van der Waals surface area contributed by atoms with Gasteiger partial charge in [0.15, 0.2) is 0 Å². The van der Waals surface area contributed by atoms with Crippen LogP contribution in [0.1, 0.15) is 32.1 Å². The van der Waals surface area contributed by atoms with E-state index in [1.807, 2.05) is 0 Å². The second-order valence-corrected chi connectivity index (χ2v) is 7.76. The summed E-state index contributed by atoms with van der Waals surface area (Å²) in [5, 5.41) is 0. The maximum atomic E-state index is 11.9. The molecule has 0 bridgehead atoms.